The van der Waals surface area contributed by atoms with Crippen LogP contribution in [0.3, 0.4) is 0 Å². The lowest BCUT2D eigenvalue weighted by Gasteiger charge is -2.14. The summed E-state index contributed by atoms with van der Waals surface area (Å²) in [5, 5.41) is 0. The number of hydrogen-bond donors (Lipinski definition) is 2. The summed E-state index contributed by atoms with van der Waals surface area (Å²) in [7, 11) is 0. The van der Waals surface area contributed by atoms with Crippen molar-refractivity contribution in [3.63, 3.8) is 0 Å². The van der Waals surface area contributed by atoms with Crippen LogP contribution >= 0.6 is 0 Å². The van der Waals surface area contributed by atoms with Crippen LogP contribution in [0.1, 0.15) is 48.8 Å². The number of aromatic nitrogens is 2. The fourth-order valence-corrected chi connectivity index (χ4v) is 3.10. The second kappa shape index (κ2) is 5.82. The van der Waals surface area contributed by atoms with Crippen LogP contribution in [0.2, 0.25) is 0 Å². The third-order valence-corrected chi connectivity index (χ3v) is 4.01. The summed E-state index contributed by atoms with van der Waals surface area (Å²) in [5.74, 6) is 8.03. The quantitative estimate of drug-likeness (QED) is 0.668. The molecule has 3 rings (SSSR count). The predicted molar refractivity (Wildman–Crippen MR) is 85.0 cm³/mol. The monoisotopic (exact) mass is 282 g/mol. The largest absolute Gasteiger partial charge is 0.308 e. The zero-order valence-electron chi connectivity index (χ0n) is 12.6. The summed E-state index contributed by atoms with van der Waals surface area (Å²) in [5.41, 5.74) is 6.52. The molecule has 4 nitrogen and oxygen atoms in total. The lowest BCUT2D eigenvalue weighted by Crippen LogP contribution is -2.14. The van der Waals surface area contributed by atoms with Gasteiger partial charge in [0.25, 0.3) is 0 Å². The first-order valence-corrected chi connectivity index (χ1v) is 7.59. The maximum Gasteiger partial charge on any atom is 0.143 e. The minimum absolute atomic E-state index is 0.292. The summed E-state index contributed by atoms with van der Waals surface area (Å²) < 4.78 is 0. The van der Waals surface area contributed by atoms with Crippen LogP contribution in [0.25, 0.3) is 0 Å². The zero-order chi connectivity index (χ0) is 14.8. The summed E-state index contributed by atoms with van der Waals surface area (Å²) >= 11 is 0. The van der Waals surface area contributed by atoms with Gasteiger partial charge in [0.1, 0.15) is 11.6 Å². The molecule has 0 amide bonds. The molecule has 0 aliphatic heterocycles. The van der Waals surface area contributed by atoms with E-state index < -0.39 is 0 Å². The van der Waals surface area contributed by atoms with E-state index in [2.05, 4.69) is 48.5 Å². The number of nitrogens with two attached hydrogens (primary N) is 1. The van der Waals surface area contributed by atoms with Gasteiger partial charge >= 0.3 is 0 Å². The van der Waals surface area contributed by atoms with Gasteiger partial charge in [-0.05, 0) is 36.3 Å². The second-order valence-corrected chi connectivity index (χ2v) is 6.14. The van der Waals surface area contributed by atoms with Gasteiger partial charge in [-0.25, -0.2) is 15.8 Å². The normalized spacial score (nSPS) is 17.0. The molecule has 1 heterocycles. The highest BCUT2D eigenvalue weighted by molar-refractivity contribution is 5.41. The molecule has 4 heteroatoms. The molecule has 0 saturated carbocycles. The van der Waals surface area contributed by atoms with Crippen molar-refractivity contribution in [3.8, 4) is 0 Å². The number of rotatable bonds is 4. The molecule has 0 fully saturated rings. The smallest absolute Gasteiger partial charge is 0.143 e. The van der Waals surface area contributed by atoms with E-state index in [1.807, 2.05) is 6.07 Å². The van der Waals surface area contributed by atoms with Crippen LogP contribution in [0.4, 0.5) is 5.82 Å². The SMILES string of the molecule is CC(C)Cc1cc(NN)nc(C2CCc3ccccc32)n1. The number of anilines is 1. The molecule has 1 aliphatic carbocycles. The van der Waals surface area contributed by atoms with E-state index in [4.69, 9.17) is 10.8 Å². The van der Waals surface area contributed by atoms with Crippen molar-refractivity contribution in [3.05, 3.63) is 53.0 Å². The summed E-state index contributed by atoms with van der Waals surface area (Å²) in [6.45, 7) is 4.39. The van der Waals surface area contributed by atoms with Gasteiger partial charge in [-0.15, -0.1) is 0 Å². The molecule has 1 atom stereocenters. The molecular formula is C17H22N4. The van der Waals surface area contributed by atoms with E-state index in [0.717, 1.165) is 30.8 Å². The fourth-order valence-electron chi connectivity index (χ4n) is 3.10. The Morgan fingerprint density at radius 1 is 1.29 bits per heavy atom. The highest BCUT2D eigenvalue weighted by atomic mass is 15.3. The van der Waals surface area contributed by atoms with Crippen LogP contribution < -0.4 is 11.3 Å². The lowest BCUT2D eigenvalue weighted by atomic mass is 10.00. The van der Waals surface area contributed by atoms with Crippen LogP contribution in [0.15, 0.2) is 30.3 Å². The maximum absolute atomic E-state index is 5.57. The first-order chi connectivity index (χ1) is 10.2. The lowest BCUT2D eigenvalue weighted by molar-refractivity contribution is 0.624. The van der Waals surface area contributed by atoms with Crippen molar-refractivity contribution in [2.75, 3.05) is 5.43 Å². The van der Waals surface area contributed by atoms with Gasteiger partial charge in [0.05, 0.1) is 0 Å². The van der Waals surface area contributed by atoms with Crippen LogP contribution in [0.5, 0.6) is 0 Å². The van der Waals surface area contributed by atoms with Gasteiger partial charge < -0.3 is 5.43 Å². The molecule has 110 valence electrons. The summed E-state index contributed by atoms with van der Waals surface area (Å²) in [6.07, 6.45) is 3.12. The molecule has 1 unspecified atom stereocenters. The Labute approximate surface area is 125 Å². The van der Waals surface area contributed by atoms with Crippen molar-refractivity contribution in [1.29, 1.82) is 0 Å². The topological polar surface area (TPSA) is 63.8 Å². The van der Waals surface area contributed by atoms with Crippen LogP contribution in [-0.2, 0) is 12.8 Å². The zero-order valence-corrected chi connectivity index (χ0v) is 12.6. The predicted octanol–water partition coefficient (Wildman–Crippen LogP) is 3.04. The first-order valence-electron chi connectivity index (χ1n) is 7.59. The number of aryl methyl sites for hydroxylation is 1. The number of nitrogens with zero attached hydrogens (tertiary/aromatic N) is 2. The van der Waals surface area contributed by atoms with Gasteiger partial charge in [-0.3, -0.25) is 0 Å². The van der Waals surface area contributed by atoms with Crippen LogP contribution in [0, 0.1) is 5.92 Å². The number of hydrazine groups is 1. The molecule has 3 N–H and O–H groups in total. The molecule has 1 aliphatic rings. The molecule has 1 aromatic heterocycles. The summed E-state index contributed by atoms with van der Waals surface area (Å²) in [4.78, 5) is 9.39. The van der Waals surface area contributed by atoms with Crippen molar-refractivity contribution in [1.82, 2.24) is 9.97 Å². The Hall–Kier alpha value is -1.94. The average Bonchev–Trinajstić information content (AvgIpc) is 2.90. The minimum Gasteiger partial charge on any atom is -0.308 e. The molecule has 0 bridgehead atoms. The fraction of sp³-hybridized carbons (Fsp3) is 0.412. The van der Waals surface area contributed by atoms with Gasteiger partial charge in [-0.2, -0.15) is 0 Å². The van der Waals surface area contributed by atoms with Crippen molar-refractivity contribution < 1.29 is 0 Å². The molecule has 1 aromatic carbocycles. The van der Waals surface area contributed by atoms with Gasteiger partial charge in [0.15, 0.2) is 0 Å². The Balaban J connectivity index is 1.99. The highest BCUT2D eigenvalue weighted by Gasteiger charge is 2.26. The van der Waals surface area contributed by atoms with E-state index in [1.165, 1.54) is 11.1 Å². The van der Waals surface area contributed by atoms with E-state index >= 15 is 0 Å². The Bertz CT molecular complexity index is 636. The van der Waals surface area contributed by atoms with E-state index in [0.29, 0.717) is 17.7 Å². The number of nitrogen functional groups attached to an aromatic ring is 1. The summed E-state index contributed by atoms with van der Waals surface area (Å²) in [6, 6.07) is 10.5. The van der Waals surface area contributed by atoms with Gasteiger partial charge in [0.2, 0.25) is 0 Å². The van der Waals surface area contributed by atoms with E-state index in [9.17, 15) is 0 Å². The number of fused-ring (bicyclic) bond motifs is 1. The van der Waals surface area contributed by atoms with Crippen molar-refractivity contribution in [2.45, 2.75) is 39.0 Å². The van der Waals surface area contributed by atoms with Gasteiger partial charge in [0, 0.05) is 17.7 Å². The molecule has 21 heavy (non-hydrogen) atoms. The van der Waals surface area contributed by atoms with E-state index in [-0.39, 0.29) is 0 Å². The van der Waals surface area contributed by atoms with Crippen molar-refractivity contribution in [2.24, 2.45) is 11.8 Å². The Kier molecular flexibility index (Phi) is 3.88. The number of hydrogen-bond acceptors (Lipinski definition) is 4. The third kappa shape index (κ3) is 2.90. The van der Waals surface area contributed by atoms with E-state index in [1.54, 1.807) is 0 Å². The standard InChI is InChI=1S/C17H22N4/c1-11(2)9-13-10-16(21-18)20-17(19-13)15-8-7-12-5-3-4-6-14(12)15/h3-6,10-11,15H,7-9,18H2,1-2H3,(H,19,20,21). The van der Waals surface area contributed by atoms with Crippen molar-refractivity contribution >= 4 is 5.82 Å². The second-order valence-electron chi connectivity index (χ2n) is 6.14. The number of benzene rings is 1. The third-order valence-electron chi connectivity index (χ3n) is 4.01. The minimum atomic E-state index is 0.292. The van der Waals surface area contributed by atoms with Crippen LogP contribution in [-0.4, -0.2) is 9.97 Å². The molecule has 0 saturated heterocycles. The molecule has 2 aromatic rings. The Morgan fingerprint density at radius 2 is 2.10 bits per heavy atom. The average molecular weight is 282 g/mol. The number of nitrogens with one attached hydrogen (secondary N) is 1. The molecule has 0 radical (unpaired) electrons. The molecule has 0 spiro atoms. The Morgan fingerprint density at radius 3 is 2.86 bits per heavy atom. The van der Waals surface area contributed by atoms with Gasteiger partial charge in [-0.1, -0.05) is 38.1 Å². The first kappa shape index (κ1) is 14.0. The highest BCUT2D eigenvalue weighted by Crippen LogP contribution is 2.36. The maximum atomic E-state index is 5.57. The molecular weight excluding hydrogens is 260 g/mol.